The fraction of sp³-hybridized carbons (Fsp3) is 0.353. The molecule has 1 N–H and O–H groups in total. The van der Waals surface area contributed by atoms with E-state index >= 15 is 0 Å². The summed E-state index contributed by atoms with van der Waals surface area (Å²) < 4.78 is 11.9. The van der Waals surface area contributed by atoms with Crippen LogP contribution in [0.2, 0.25) is 0 Å². The Balaban J connectivity index is 1.82. The number of benzene rings is 1. The lowest BCUT2D eigenvalue weighted by atomic mass is 10.3. The third-order valence-corrected chi connectivity index (χ3v) is 3.25. The number of carbonyl (C=O) groups is 2. The molecule has 24 heavy (non-hydrogen) atoms. The van der Waals surface area contributed by atoms with Crippen molar-refractivity contribution >= 4 is 17.7 Å². The van der Waals surface area contributed by atoms with Gasteiger partial charge in [0.25, 0.3) is 0 Å². The first kappa shape index (κ1) is 17.5. The average Bonchev–Trinajstić information content (AvgIpc) is 2.94. The fourth-order valence-corrected chi connectivity index (χ4v) is 2.08. The normalized spacial score (nSPS) is 10.2. The Morgan fingerprint density at radius 2 is 2.00 bits per heavy atom. The van der Waals surface area contributed by atoms with E-state index in [0.29, 0.717) is 18.8 Å². The van der Waals surface area contributed by atoms with Crippen LogP contribution in [0.4, 0.5) is 5.82 Å². The van der Waals surface area contributed by atoms with E-state index in [1.807, 2.05) is 30.3 Å². The van der Waals surface area contributed by atoms with E-state index in [-0.39, 0.29) is 24.5 Å². The number of aromatic nitrogens is 2. The van der Waals surface area contributed by atoms with Crippen LogP contribution < -0.4 is 10.1 Å². The molecule has 0 bridgehead atoms. The van der Waals surface area contributed by atoms with Crippen molar-refractivity contribution in [1.29, 1.82) is 0 Å². The Labute approximate surface area is 140 Å². The molecular weight excluding hydrogens is 310 g/mol. The number of aryl methyl sites for hydroxylation is 1. The van der Waals surface area contributed by atoms with Crippen LogP contribution in [-0.4, -0.2) is 34.9 Å². The number of esters is 1. The molecular formula is C17H21N3O4. The van der Waals surface area contributed by atoms with Crippen molar-refractivity contribution in [2.24, 2.45) is 7.05 Å². The first-order chi connectivity index (χ1) is 11.6. The standard InChI is InChI=1S/C17H21N3O4/c1-3-23-17(22)14-12-18-20(2)16(14)19-15(21)10-7-11-24-13-8-5-4-6-9-13/h4-6,8-9,12H,3,7,10-11H2,1-2H3,(H,19,21). The zero-order chi connectivity index (χ0) is 17.4. The lowest BCUT2D eigenvalue weighted by molar-refractivity contribution is -0.116. The summed E-state index contributed by atoms with van der Waals surface area (Å²) >= 11 is 0. The van der Waals surface area contributed by atoms with Gasteiger partial charge < -0.3 is 14.8 Å². The third-order valence-electron chi connectivity index (χ3n) is 3.25. The maximum absolute atomic E-state index is 12.0. The van der Waals surface area contributed by atoms with Crippen molar-refractivity contribution in [2.45, 2.75) is 19.8 Å². The van der Waals surface area contributed by atoms with Crippen molar-refractivity contribution in [1.82, 2.24) is 9.78 Å². The van der Waals surface area contributed by atoms with E-state index in [1.54, 1.807) is 14.0 Å². The quantitative estimate of drug-likeness (QED) is 0.593. The minimum absolute atomic E-state index is 0.208. The molecule has 0 aliphatic heterocycles. The molecule has 1 aromatic heterocycles. The number of nitrogens with zero attached hydrogens (tertiary/aromatic N) is 2. The second kappa shape index (κ2) is 8.71. The largest absolute Gasteiger partial charge is 0.494 e. The van der Waals surface area contributed by atoms with Gasteiger partial charge in [0, 0.05) is 13.5 Å². The van der Waals surface area contributed by atoms with E-state index in [4.69, 9.17) is 9.47 Å². The van der Waals surface area contributed by atoms with Gasteiger partial charge >= 0.3 is 5.97 Å². The number of hydrogen-bond acceptors (Lipinski definition) is 5. The van der Waals surface area contributed by atoms with E-state index in [0.717, 1.165) is 5.75 Å². The number of ether oxygens (including phenoxy) is 2. The Morgan fingerprint density at radius 1 is 1.25 bits per heavy atom. The van der Waals surface area contributed by atoms with Crippen LogP contribution >= 0.6 is 0 Å². The van der Waals surface area contributed by atoms with Crippen LogP contribution in [0.25, 0.3) is 0 Å². The summed E-state index contributed by atoms with van der Waals surface area (Å²) in [6, 6.07) is 9.42. The molecule has 1 amide bonds. The van der Waals surface area contributed by atoms with Gasteiger partial charge in [-0.2, -0.15) is 5.10 Å². The predicted octanol–water partition coefficient (Wildman–Crippen LogP) is 2.39. The number of carbonyl (C=O) groups excluding carboxylic acids is 2. The molecule has 0 atom stereocenters. The number of rotatable bonds is 8. The van der Waals surface area contributed by atoms with Crippen LogP contribution in [0.15, 0.2) is 36.5 Å². The third kappa shape index (κ3) is 4.84. The molecule has 0 radical (unpaired) electrons. The monoisotopic (exact) mass is 331 g/mol. The van der Waals surface area contributed by atoms with Crippen LogP contribution in [-0.2, 0) is 16.6 Å². The number of amides is 1. The molecule has 0 unspecified atom stereocenters. The molecule has 2 aromatic rings. The number of anilines is 1. The van der Waals surface area contributed by atoms with Crippen molar-refractivity contribution in [2.75, 3.05) is 18.5 Å². The van der Waals surface area contributed by atoms with Gasteiger partial charge in [-0.05, 0) is 25.5 Å². The first-order valence-corrected chi connectivity index (χ1v) is 7.78. The Hall–Kier alpha value is -2.83. The average molecular weight is 331 g/mol. The maximum atomic E-state index is 12.0. The molecule has 7 nitrogen and oxygen atoms in total. The highest BCUT2D eigenvalue weighted by Crippen LogP contribution is 2.16. The van der Waals surface area contributed by atoms with E-state index in [9.17, 15) is 9.59 Å². The van der Waals surface area contributed by atoms with Crippen LogP contribution in [0.3, 0.4) is 0 Å². The highest BCUT2D eigenvalue weighted by molar-refractivity contribution is 6.00. The van der Waals surface area contributed by atoms with E-state index in [2.05, 4.69) is 10.4 Å². The van der Waals surface area contributed by atoms with Gasteiger partial charge in [-0.3, -0.25) is 9.48 Å². The van der Waals surface area contributed by atoms with Crippen LogP contribution in [0, 0.1) is 0 Å². The summed E-state index contributed by atoms with van der Waals surface area (Å²) in [5, 5.41) is 6.69. The summed E-state index contributed by atoms with van der Waals surface area (Å²) in [5.41, 5.74) is 0.244. The lowest BCUT2D eigenvalue weighted by Gasteiger charge is -2.09. The molecule has 0 aliphatic rings. The maximum Gasteiger partial charge on any atom is 0.343 e. The molecule has 1 aromatic carbocycles. The highest BCUT2D eigenvalue weighted by atomic mass is 16.5. The number of nitrogens with one attached hydrogen (secondary N) is 1. The van der Waals surface area contributed by atoms with Crippen molar-refractivity contribution < 1.29 is 19.1 Å². The van der Waals surface area contributed by atoms with Gasteiger partial charge in [0.05, 0.1) is 19.4 Å². The summed E-state index contributed by atoms with van der Waals surface area (Å²) in [6.45, 7) is 2.42. The zero-order valence-corrected chi connectivity index (χ0v) is 13.8. The topological polar surface area (TPSA) is 82.5 Å². The molecule has 0 saturated carbocycles. The van der Waals surface area contributed by atoms with Gasteiger partial charge in [-0.15, -0.1) is 0 Å². The van der Waals surface area contributed by atoms with Crippen molar-refractivity contribution in [3.8, 4) is 5.75 Å². The molecule has 128 valence electrons. The molecule has 0 aliphatic carbocycles. The van der Waals surface area contributed by atoms with E-state index in [1.165, 1.54) is 10.9 Å². The summed E-state index contributed by atoms with van der Waals surface area (Å²) in [6.07, 6.45) is 2.22. The fourth-order valence-electron chi connectivity index (χ4n) is 2.08. The smallest absolute Gasteiger partial charge is 0.343 e. The summed E-state index contributed by atoms with van der Waals surface area (Å²) in [5.74, 6) is 0.394. The van der Waals surface area contributed by atoms with Gasteiger partial charge in [-0.1, -0.05) is 18.2 Å². The van der Waals surface area contributed by atoms with Crippen LogP contribution in [0.5, 0.6) is 5.75 Å². The molecule has 0 saturated heterocycles. The number of para-hydroxylation sites is 1. The molecule has 2 rings (SSSR count). The minimum Gasteiger partial charge on any atom is -0.494 e. The van der Waals surface area contributed by atoms with E-state index < -0.39 is 5.97 Å². The molecule has 0 fully saturated rings. The van der Waals surface area contributed by atoms with Crippen molar-refractivity contribution in [3.63, 3.8) is 0 Å². The zero-order valence-electron chi connectivity index (χ0n) is 13.8. The van der Waals surface area contributed by atoms with Crippen LogP contribution in [0.1, 0.15) is 30.1 Å². The second-order valence-corrected chi connectivity index (χ2v) is 5.06. The van der Waals surface area contributed by atoms with Gasteiger partial charge in [0.15, 0.2) is 0 Å². The summed E-state index contributed by atoms with van der Waals surface area (Å²) in [7, 11) is 1.65. The second-order valence-electron chi connectivity index (χ2n) is 5.06. The summed E-state index contributed by atoms with van der Waals surface area (Å²) in [4.78, 5) is 23.9. The molecule has 0 spiro atoms. The highest BCUT2D eigenvalue weighted by Gasteiger charge is 2.18. The lowest BCUT2D eigenvalue weighted by Crippen LogP contribution is -2.18. The Kier molecular flexibility index (Phi) is 6.36. The van der Waals surface area contributed by atoms with Gasteiger partial charge in [-0.25, -0.2) is 4.79 Å². The molecule has 1 heterocycles. The minimum atomic E-state index is -0.506. The van der Waals surface area contributed by atoms with Crippen molar-refractivity contribution in [3.05, 3.63) is 42.1 Å². The predicted molar refractivity (Wildman–Crippen MR) is 89.0 cm³/mol. The van der Waals surface area contributed by atoms with Gasteiger partial charge in [0.1, 0.15) is 17.1 Å². The van der Waals surface area contributed by atoms with Gasteiger partial charge in [0.2, 0.25) is 5.91 Å². The number of hydrogen-bond donors (Lipinski definition) is 1. The SMILES string of the molecule is CCOC(=O)c1cnn(C)c1NC(=O)CCCOc1ccccc1. The first-order valence-electron chi connectivity index (χ1n) is 7.78. The Morgan fingerprint density at radius 3 is 2.71 bits per heavy atom. The molecule has 7 heteroatoms. The Bertz CT molecular complexity index is 682.